The van der Waals surface area contributed by atoms with Crippen LogP contribution in [0.3, 0.4) is 0 Å². The van der Waals surface area contributed by atoms with Gasteiger partial charge in [-0.3, -0.25) is 9.05 Å². The van der Waals surface area contributed by atoms with Crippen LogP contribution in [-0.4, -0.2) is 13.2 Å². The minimum Gasteiger partial charge on any atom is -0.402 e. The molecule has 0 spiro atoms. The summed E-state index contributed by atoms with van der Waals surface area (Å²) in [6.07, 6.45) is 0. The van der Waals surface area contributed by atoms with Crippen molar-refractivity contribution in [2.45, 2.75) is 13.8 Å². The van der Waals surface area contributed by atoms with Crippen LogP contribution >= 0.6 is 47.0 Å². The summed E-state index contributed by atoms with van der Waals surface area (Å²) in [6.45, 7) is 3.76. The highest BCUT2D eigenvalue weighted by Crippen LogP contribution is 2.51. The molecule has 1 aromatic rings. The van der Waals surface area contributed by atoms with Gasteiger partial charge in [-0.25, -0.2) is 4.57 Å². The Labute approximate surface area is 124 Å². The first-order chi connectivity index (χ1) is 8.41. The predicted molar refractivity (Wildman–Crippen MR) is 75.6 cm³/mol. The summed E-state index contributed by atoms with van der Waals surface area (Å²) >= 11 is 15.1. The van der Waals surface area contributed by atoms with Gasteiger partial charge in [0.25, 0.3) is 0 Å². The molecule has 0 aliphatic carbocycles. The Morgan fingerprint density at radius 2 is 1.72 bits per heavy atom. The molecular formula is C10H12BrCl2O4P. The molecule has 102 valence electrons. The number of benzene rings is 1. The van der Waals surface area contributed by atoms with Crippen molar-refractivity contribution in [3.8, 4) is 5.75 Å². The summed E-state index contributed by atoms with van der Waals surface area (Å²) in [7, 11) is -3.66. The van der Waals surface area contributed by atoms with Crippen LogP contribution in [0.2, 0.25) is 10.0 Å². The van der Waals surface area contributed by atoms with E-state index in [0.29, 0.717) is 9.50 Å². The highest BCUT2D eigenvalue weighted by atomic mass is 79.9. The quantitative estimate of drug-likeness (QED) is 0.497. The molecule has 0 radical (unpaired) electrons. The molecule has 0 aliphatic heterocycles. The molecule has 8 heteroatoms. The van der Waals surface area contributed by atoms with E-state index in [9.17, 15) is 4.57 Å². The van der Waals surface area contributed by atoms with Crippen LogP contribution in [0.1, 0.15) is 13.8 Å². The molecule has 18 heavy (non-hydrogen) atoms. The Bertz CT molecular complexity index is 459. The summed E-state index contributed by atoms with van der Waals surface area (Å²) < 4.78 is 28.0. The molecule has 0 N–H and O–H groups in total. The van der Waals surface area contributed by atoms with Gasteiger partial charge in [0.1, 0.15) is 0 Å². The zero-order chi connectivity index (χ0) is 13.8. The molecule has 1 rings (SSSR count). The van der Waals surface area contributed by atoms with E-state index in [1.807, 2.05) is 0 Å². The highest BCUT2D eigenvalue weighted by Gasteiger charge is 2.28. The van der Waals surface area contributed by atoms with Gasteiger partial charge in [0.15, 0.2) is 5.75 Å². The molecule has 0 aromatic heterocycles. The average Bonchev–Trinajstić information content (AvgIpc) is 2.26. The Hall–Kier alpha value is 0.230. The van der Waals surface area contributed by atoms with Crippen molar-refractivity contribution in [1.29, 1.82) is 0 Å². The van der Waals surface area contributed by atoms with Gasteiger partial charge in [0, 0.05) is 10.5 Å². The van der Waals surface area contributed by atoms with Crippen molar-refractivity contribution in [2.24, 2.45) is 0 Å². The first kappa shape index (κ1) is 16.3. The topological polar surface area (TPSA) is 44.8 Å². The van der Waals surface area contributed by atoms with E-state index < -0.39 is 7.82 Å². The second-order valence-corrected chi connectivity index (χ2v) is 6.33. The maximum absolute atomic E-state index is 12.2. The van der Waals surface area contributed by atoms with Crippen LogP contribution in [0.4, 0.5) is 0 Å². The number of phosphoric acid groups is 1. The molecule has 0 aliphatic rings. The van der Waals surface area contributed by atoms with Crippen molar-refractivity contribution in [1.82, 2.24) is 0 Å². The zero-order valence-corrected chi connectivity index (χ0v) is 13.8. The van der Waals surface area contributed by atoms with Gasteiger partial charge in [0.2, 0.25) is 0 Å². The van der Waals surface area contributed by atoms with Gasteiger partial charge in [-0.05, 0) is 35.8 Å². The Balaban J connectivity index is 3.01. The third kappa shape index (κ3) is 4.41. The molecule has 1 aromatic carbocycles. The Morgan fingerprint density at radius 1 is 1.17 bits per heavy atom. The third-order valence-corrected chi connectivity index (χ3v) is 4.82. The van der Waals surface area contributed by atoms with Gasteiger partial charge in [0.05, 0.1) is 23.3 Å². The van der Waals surface area contributed by atoms with Gasteiger partial charge < -0.3 is 4.52 Å². The standard InChI is InChI=1S/C10H12BrCl2O4P/c1-3-15-18(14,16-4-2)17-10-6-8(12)7(11)5-9(10)13/h5-6H,3-4H2,1-2H3. The molecule has 0 heterocycles. The van der Waals surface area contributed by atoms with Crippen molar-refractivity contribution in [2.75, 3.05) is 13.2 Å². The van der Waals surface area contributed by atoms with E-state index in [1.165, 1.54) is 6.07 Å². The van der Waals surface area contributed by atoms with Crippen molar-refractivity contribution in [3.05, 3.63) is 26.7 Å². The second-order valence-electron chi connectivity index (χ2n) is 3.07. The van der Waals surface area contributed by atoms with E-state index in [0.717, 1.165) is 0 Å². The SMILES string of the molecule is CCOP(=O)(OCC)Oc1cc(Cl)c(Br)cc1Cl. The van der Waals surface area contributed by atoms with E-state index in [4.69, 9.17) is 36.8 Å². The maximum Gasteiger partial charge on any atom is 0.530 e. The van der Waals surface area contributed by atoms with Gasteiger partial charge in [-0.2, -0.15) is 0 Å². The fraction of sp³-hybridized carbons (Fsp3) is 0.400. The van der Waals surface area contributed by atoms with Crippen molar-refractivity contribution >= 4 is 47.0 Å². The van der Waals surface area contributed by atoms with Crippen molar-refractivity contribution in [3.63, 3.8) is 0 Å². The van der Waals surface area contributed by atoms with E-state index >= 15 is 0 Å². The average molecular weight is 378 g/mol. The fourth-order valence-electron chi connectivity index (χ4n) is 1.10. The van der Waals surface area contributed by atoms with Gasteiger partial charge in [-0.15, -0.1) is 0 Å². The minimum absolute atomic E-state index is 0.148. The minimum atomic E-state index is -3.66. The molecule has 0 saturated carbocycles. The van der Waals surface area contributed by atoms with Gasteiger partial charge >= 0.3 is 7.82 Å². The maximum atomic E-state index is 12.2. The van der Waals surface area contributed by atoms with Crippen LogP contribution in [-0.2, 0) is 13.6 Å². The molecule has 0 fully saturated rings. The van der Waals surface area contributed by atoms with Crippen LogP contribution in [0.25, 0.3) is 0 Å². The number of hydrogen-bond acceptors (Lipinski definition) is 4. The van der Waals surface area contributed by atoms with E-state index in [1.54, 1.807) is 19.9 Å². The summed E-state index contributed by atoms with van der Waals surface area (Å²) in [5.74, 6) is 0.148. The lowest BCUT2D eigenvalue weighted by molar-refractivity contribution is 0.167. The Kier molecular flexibility index (Phi) is 6.45. The van der Waals surface area contributed by atoms with E-state index in [2.05, 4.69) is 15.9 Å². The monoisotopic (exact) mass is 376 g/mol. The lowest BCUT2D eigenvalue weighted by Gasteiger charge is -2.18. The number of halogens is 3. The lowest BCUT2D eigenvalue weighted by atomic mass is 10.3. The zero-order valence-electron chi connectivity index (χ0n) is 9.78. The first-order valence-corrected chi connectivity index (χ1v) is 8.16. The second kappa shape index (κ2) is 7.13. The summed E-state index contributed by atoms with van der Waals surface area (Å²) in [6, 6.07) is 2.99. The number of rotatable bonds is 6. The van der Waals surface area contributed by atoms with Crippen molar-refractivity contribution < 1.29 is 18.1 Å². The molecular weight excluding hydrogens is 366 g/mol. The molecule has 4 nitrogen and oxygen atoms in total. The number of hydrogen-bond donors (Lipinski definition) is 0. The smallest absolute Gasteiger partial charge is 0.402 e. The van der Waals surface area contributed by atoms with Gasteiger partial charge in [-0.1, -0.05) is 23.2 Å². The highest BCUT2D eigenvalue weighted by molar-refractivity contribution is 9.10. The van der Waals surface area contributed by atoms with Crippen LogP contribution in [0.15, 0.2) is 16.6 Å². The van der Waals surface area contributed by atoms with Crippen LogP contribution < -0.4 is 4.52 Å². The summed E-state index contributed by atoms with van der Waals surface area (Å²) in [4.78, 5) is 0. The van der Waals surface area contributed by atoms with Crippen LogP contribution in [0, 0.1) is 0 Å². The van der Waals surface area contributed by atoms with E-state index in [-0.39, 0.29) is 24.0 Å². The first-order valence-electron chi connectivity index (χ1n) is 5.15. The van der Waals surface area contributed by atoms with Crippen LogP contribution in [0.5, 0.6) is 5.75 Å². The lowest BCUT2D eigenvalue weighted by Crippen LogP contribution is -2.02. The fourth-order valence-corrected chi connectivity index (χ4v) is 3.19. The molecule has 0 atom stereocenters. The molecule has 0 saturated heterocycles. The molecule has 0 bridgehead atoms. The normalized spacial score (nSPS) is 11.6. The number of phosphoric ester groups is 1. The molecule has 0 amide bonds. The third-order valence-electron chi connectivity index (χ3n) is 1.76. The summed E-state index contributed by atoms with van der Waals surface area (Å²) in [5, 5.41) is 0.639. The predicted octanol–water partition coefficient (Wildman–Crippen LogP) is 5.32. The largest absolute Gasteiger partial charge is 0.530 e. The Morgan fingerprint density at radius 3 is 2.22 bits per heavy atom. The molecule has 0 unspecified atom stereocenters. The summed E-state index contributed by atoms with van der Waals surface area (Å²) in [5.41, 5.74) is 0.